The van der Waals surface area contributed by atoms with Crippen molar-refractivity contribution in [2.45, 2.75) is 6.54 Å². The van der Waals surface area contributed by atoms with Gasteiger partial charge in [0.05, 0.1) is 6.54 Å². The van der Waals surface area contributed by atoms with Crippen molar-refractivity contribution in [3.63, 3.8) is 0 Å². The second-order valence-corrected chi connectivity index (χ2v) is 5.39. The van der Waals surface area contributed by atoms with Crippen molar-refractivity contribution >= 4 is 5.69 Å². The minimum Gasteiger partial charge on any atom is -0.502 e. The summed E-state index contributed by atoms with van der Waals surface area (Å²) < 4.78 is 5.14. The van der Waals surface area contributed by atoms with Crippen molar-refractivity contribution < 1.29 is 9.52 Å². The SMILES string of the molecule is O=c1cc(CNc2ccc(C#CC#Cc3ccccc3)cc2)occ1O. The first-order valence-electron chi connectivity index (χ1n) is 7.92. The van der Waals surface area contributed by atoms with Crippen molar-refractivity contribution in [1.29, 1.82) is 0 Å². The van der Waals surface area contributed by atoms with Crippen LogP contribution in [0.5, 0.6) is 5.75 Å². The quantitative estimate of drug-likeness (QED) is 0.717. The minimum absolute atomic E-state index is 0.336. The third-order valence-corrected chi connectivity index (χ3v) is 3.47. The summed E-state index contributed by atoms with van der Waals surface area (Å²) >= 11 is 0. The number of anilines is 1. The molecule has 0 unspecified atom stereocenters. The van der Waals surface area contributed by atoms with E-state index in [0.29, 0.717) is 12.3 Å². The standard InChI is InChI=1S/C22H15NO3/c24-21-14-20(26-16-22(21)25)15-23-19-12-10-18(11-13-19)9-5-4-8-17-6-2-1-3-7-17/h1-3,6-7,10-14,16,23,25H,15H2. The van der Waals surface area contributed by atoms with Crippen LogP contribution in [0, 0.1) is 23.7 Å². The van der Waals surface area contributed by atoms with Gasteiger partial charge in [-0.15, -0.1) is 0 Å². The summed E-state index contributed by atoms with van der Waals surface area (Å²) in [5.41, 5.74) is 2.19. The number of rotatable bonds is 3. The predicted molar refractivity (Wildman–Crippen MR) is 101 cm³/mol. The van der Waals surface area contributed by atoms with Gasteiger partial charge in [0.25, 0.3) is 0 Å². The summed E-state index contributed by atoms with van der Waals surface area (Å²) in [6.45, 7) is 0.336. The van der Waals surface area contributed by atoms with Crippen LogP contribution in [0.4, 0.5) is 5.69 Å². The lowest BCUT2D eigenvalue weighted by molar-refractivity contribution is 0.415. The molecule has 2 N–H and O–H groups in total. The Balaban J connectivity index is 1.59. The fourth-order valence-electron chi connectivity index (χ4n) is 2.13. The largest absolute Gasteiger partial charge is 0.502 e. The molecule has 0 saturated carbocycles. The molecule has 3 rings (SSSR count). The minimum atomic E-state index is -0.463. The number of hydrogen-bond donors (Lipinski definition) is 2. The van der Waals surface area contributed by atoms with Gasteiger partial charge in [0.15, 0.2) is 5.75 Å². The Labute approximate surface area is 151 Å². The van der Waals surface area contributed by atoms with E-state index < -0.39 is 11.2 Å². The zero-order valence-corrected chi connectivity index (χ0v) is 13.8. The molecule has 0 spiro atoms. The van der Waals surface area contributed by atoms with Crippen molar-refractivity contribution in [3.05, 3.63) is 94.0 Å². The van der Waals surface area contributed by atoms with E-state index in [4.69, 9.17) is 9.52 Å². The highest BCUT2D eigenvalue weighted by Gasteiger charge is 2.01. The predicted octanol–water partition coefficient (Wildman–Crippen LogP) is 3.36. The third kappa shape index (κ3) is 4.80. The maximum absolute atomic E-state index is 11.3. The molecule has 1 aromatic heterocycles. The van der Waals surface area contributed by atoms with E-state index in [1.807, 2.05) is 54.6 Å². The Morgan fingerprint density at radius 2 is 1.58 bits per heavy atom. The number of aromatic hydroxyl groups is 1. The molecule has 0 bridgehead atoms. The molecule has 0 aliphatic carbocycles. The van der Waals surface area contributed by atoms with Crippen LogP contribution in [-0.4, -0.2) is 5.11 Å². The number of hydrogen-bond acceptors (Lipinski definition) is 4. The summed E-state index contributed by atoms with van der Waals surface area (Å²) in [7, 11) is 0. The Morgan fingerprint density at radius 1 is 0.923 bits per heavy atom. The van der Waals surface area contributed by atoms with Gasteiger partial charge in [-0.3, -0.25) is 4.79 Å². The second kappa shape index (κ2) is 8.28. The summed E-state index contributed by atoms with van der Waals surface area (Å²) in [5.74, 6) is 11.7. The van der Waals surface area contributed by atoms with E-state index >= 15 is 0 Å². The van der Waals surface area contributed by atoms with Crippen LogP contribution in [0.2, 0.25) is 0 Å². The Morgan fingerprint density at radius 3 is 2.23 bits per heavy atom. The second-order valence-electron chi connectivity index (χ2n) is 5.39. The first kappa shape index (κ1) is 17.0. The van der Waals surface area contributed by atoms with Gasteiger partial charge in [0.2, 0.25) is 5.43 Å². The smallest absolute Gasteiger partial charge is 0.226 e. The summed E-state index contributed by atoms with van der Waals surface area (Å²) in [6, 6.07) is 18.5. The van der Waals surface area contributed by atoms with Crippen molar-refractivity contribution in [2.24, 2.45) is 0 Å². The Bertz CT molecular complexity index is 1060. The van der Waals surface area contributed by atoms with E-state index in [0.717, 1.165) is 23.1 Å². The summed E-state index contributed by atoms with van der Waals surface area (Å²) in [5, 5.41) is 12.3. The number of benzene rings is 2. The maximum Gasteiger partial charge on any atom is 0.226 e. The van der Waals surface area contributed by atoms with E-state index in [9.17, 15) is 4.79 Å². The van der Waals surface area contributed by atoms with Gasteiger partial charge in [-0.2, -0.15) is 0 Å². The molecule has 0 aliphatic rings. The van der Waals surface area contributed by atoms with Gasteiger partial charge < -0.3 is 14.8 Å². The van der Waals surface area contributed by atoms with E-state index in [-0.39, 0.29) is 0 Å². The van der Waals surface area contributed by atoms with Crippen molar-refractivity contribution in [3.8, 4) is 29.4 Å². The van der Waals surface area contributed by atoms with Crippen molar-refractivity contribution in [2.75, 3.05) is 5.32 Å². The number of nitrogens with one attached hydrogen (secondary N) is 1. The molecule has 0 fully saturated rings. The maximum atomic E-state index is 11.3. The zero-order valence-electron chi connectivity index (χ0n) is 13.8. The van der Waals surface area contributed by atoms with E-state index in [1.54, 1.807) is 0 Å². The Kier molecular flexibility index (Phi) is 5.40. The molecule has 4 nitrogen and oxygen atoms in total. The molecule has 1 heterocycles. The van der Waals surface area contributed by atoms with Crippen LogP contribution in [0.3, 0.4) is 0 Å². The van der Waals surface area contributed by atoms with Gasteiger partial charge in [0, 0.05) is 22.9 Å². The monoisotopic (exact) mass is 341 g/mol. The molecule has 126 valence electrons. The van der Waals surface area contributed by atoms with Crippen molar-refractivity contribution in [1.82, 2.24) is 0 Å². The van der Waals surface area contributed by atoms with Crippen LogP contribution in [-0.2, 0) is 6.54 Å². The van der Waals surface area contributed by atoms with Crippen LogP contribution in [0.25, 0.3) is 0 Å². The van der Waals surface area contributed by atoms with Gasteiger partial charge in [-0.1, -0.05) is 30.0 Å². The molecule has 0 aliphatic heterocycles. The van der Waals surface area contributed by atoms with Crippen LogP contribution in [0.1, 0.15) is 16.9 Å². The zero-order chi connectivity index (χ0) is 18.2. The van der Waals surface area contributed by atoms with Crippen LogP contribution >= 0.6 is 0 Å². The fourth-order valence-corrected chi connectivity index (χ4v) is 2.13. The highest BCUT2D eigenvalue weighted by molar-refractivity contribution is 5.50. The average molecular weight is 341 g/mol. The fraction of sp³-hybridized carbons (Fsp3) is 0.0455. The van der Waals surface area contributed by atoms with E-state index in [1.165, 1.54) is 6.07 Å². The summed E-state index contributed by atoms with van der Waals surface area (Å²) in [6.07, 6.45) is 1.04. The molecular formula is C22H15NO3. The highest BCUT2D eigenvalue weighted by Crippen LogP contribution is 2.11. The van der Waals surface area contributed by atoms with Gasteiger partial charge in [-0.05, 0) is 48.2 Å². The van der Waals surface area contributed by atoms with Crippen LogP contribution < -0.4 is 10.7 Å². The highest BCUT2D eigenvalue weighted by atomic mass is 16.4. The van der Waals surface area contributed by atoms with Gasteiger partial charge in [-0.25, -0.2) is 0 Å². The lowest BCUT2D eigenvalue weighted by Gasteiger charge is -2.05. The van der Waals surface area contributed by atoms with Crippen LogP contribution in [0.15, 0.2) is 76.1 Å². The van der Waals surface area contributed by atoms with E-state index in [2.05, 4.69) is 29.0 Å². The normalized spacial score (nSPS) is 9.38. The summed E-state index contributed by atoms with van der Waals surface area (Å²) in [4.78, 5) is 11.3. The van der Waals surface area contributed by atoms with Gasteiger partial charge in [0.1, 0.15) is 12.0 Å². The molecule has 4 heteroatoms. The molecule has 0 radical (unpaired) electrons. The van der Waals surface area contributed by atoms with Gasteiger partial charge >= 0.3 is 0 Å². The molecule has 26 heavy (non-hydrogen) atoms. The lowest BCUT2D eigenvalue weighted by Crippen LogP contribution is -2.04. The molecular weight excluding hydrogens is 326 g/mol. The molecule has 0 amide bonds. The topological polar surface area (TPSA) is 62.5 Å². The Hall–Kier alpha value is -3.89. The first-order chi connectivity index (χ1) is 12.7. The lowest BCUT2D eigenvalue weighted by atomic mass is 10.2. The molecule has 0 saturated heterocycles. The first-order valence-corrected chi connectivity index (χ1v) is 7.92. The molecule has 0 atom stereocenters. The molecule has 3 aromatic rings. The average Bonchev–Trinajstić information content (AvgIpc) is 2.68. The molecule has 2 aromatic carbocycles. The third-order valence-electron chi connectivity index (χ3n) is 3.47.